The molecule has 2 aliphatic heterocycles. The van der Waals surface area contributed by atoms with Gasteiger partial charge in [-0.05, 0) is 59.4 Å². The van der Waals surface area contributed by atoms with Gasteiger partial charge in [-0.25, -0.2) is 4.79 Å². The number of carbonyl (C=O) groups is 1. The van der Waals surface area contributed by atoms with Crippen LogP contribution in [0.5, 0.6) is 0 Å². The van der Waals surface area contributed by atoms with E-state index in [-0.39, 0.29) is 30.6 Å². The van der Waals surface area contributed by atoms with Gasteiger partial charge in [-0.3, -0.25) is 0 Å². The van der Waals surface area contributed by atoms with E-state index in [9.17, 15) is 18.0 Å². The highest BCUT2D eigenvalue weighted by molar-refractivity contribution is 5.69. The second kappa shape index (κ2) is 6.87. The van der Waals surface area contributed by atoms with Crippen LogP contribution in [0.25, 0.3) is 0 Å². The van der Waals surface area contributed by atoms with Crippen molar-refractivity contribution in [1.82, 2.24) is 10.2 Å². The lowest BCUT2D eigenvalue weighted by Crippen LogP contribution is -2.52. The quantitative estimate of drug-likeness (QED) is 0.793. The Balaban J connectivity index is 1.79. The van der Waals surface area contributed by atoms with Crippen molar-refractivity contribution in [2.24, 2.45) is 0 Å². The van der Waals surface area contributed by atoms with E-state index in [0.717, 1.165) is 25.7 Å². The van der Waals surface area contributed by atoms with E-state index < -0.39 is 18.2 Å². The molecule has 7 heteroatoms. The predicted octanol–water partition coefficient (Wildman–Crippen LogP) is 3.85. The number of rotatable bonds is 4. The summed E-state index contributed by atoms with van der Waals surface area (Å²) in [5.41, 5.74) is -0.511. The molecule has 1 N–H and O–H groups in total. The van der Waals surface area contributed by atoms with Crippen LogP contribution >= 0.6 is 0 Å². The molecular formula is C16H27F3N2O2. The van der Waals surface area contributed by atoms with Gasteiger partial charge in [0, 0.05) is 24.5 Å². The van der Waals surface area contributed by atoms with Crippen LogP contribution in [0.15, 0.2) is 0 Å². The summed E-state index contributed by atoms with van der Waals surface area (Å²) in [6, 6.07) is 0.479. The van der Waals surface area contributed by atoms with Crippen molar-refractivity contribution >= 4 is 6.09 Å². The fourth-order valence-electron chi connectivity index (χ4n) is 3.55. The van der Waals surface area contributed by atoms with Gasteiger partial charge >= 0.3 is 12.3 Å². The van der Waals surface area contributed by atoms with Crippen molar-refractivity contribution in [3.8, 4) is 0 Å². The number of nitrogens with one attached hydrogen (secondary N) is 1. The first-order chi connectivity index (χ1) is 10.6. The van der Waals surface area contributed by atoms with Crippen molar-refractivity contribution in [1.29, 1.82) is 0 Å². The van der Waals surface area contributed by atoms with E-state index >= 15 is 0 Å². The van der Waals surface area contributed by atoms with Crippen LogP contribution in [0.1, 0.15) is 59.3 Å². The van der Waals surface area contributed by atoms with Crippen LogP contribution in [0, 0.1) is 0 Å². The number of hydrogen-bond donors (Lipinski definition) is 1. The van der Waals surface area contributed by atoms with E-state index in [2.05, 4.69) is 5.32 Å². The van der Waals surface area contributed by atoms with E-state index in [4.69, 9.17) is 4.74 Å². The first-order valence-corrected chi connectivity index (χ1v) is 8.36. The number of nitrogens with zero attached hydrogens (tertiary/aromatic N) is 1. The molecule has 0 aromatic carbocycles. The van der Waals surface area contributed by atoms with Gasteiger partial charge in [0.1, 0.15) is 5.60 Å². The molecule has 0 aliphatic carbocycles. The van der Waals surface area contributed by atoms with Gasteiger partial charge in [0.2, 0.25) is 0 Å². The van der Waals surface area contributed by atoms with Crippen LogP contribution in [0.4, 0.5) is 18.0 Å². The number of carbonyl (C=O) groups excluding carboxylic acids is 1. The van der Waals surface area contributed by atoms with Gasteiger partial charge < -0.3 is 15.0 Å². The molecule has 0 aromatic rings. The molecule has 2 bridgehead atoms. The third-order valence-electron chi connectivity index (χ3n) is 4.41. The van der Waals surface area contributed by atoms with Gasteiger partial charge in [-0.15, -0.1) is 0 Å². The molecule has 23 heavy (non-hydrogen) atoms. The molecule has 134 valence electrons. The summed E-state index contributed by atoms with van der Waals surface area (Å²) in [5, 5.41) is 3.22. The number of halogens is 3. The van der Waals surface area contributed by atoms with Crippen LogP contribution in [0.2, 0.25) is 0 Å². The summed E-state index contributed by atoms with van der Waals surface area (Å²) in [6.45, 7) is 5.92. The van der Waals surface area contributed by atoms with Crippen LogP contribution in [-0.4, -0.2) is 47.4 Å². The first-order valence-electron chi connectivity index (χ1n) is 8.36. The monoisotopic (exact) mass is 336 g/mol. The van der Waals surface area contributed by atoms with Gasteiger partial charge in [0.25, 0.3) is 0 Å². The Morgan fingerprint density at radius 3 is 2.22 bits per heavy atom. The van der Waals surface area contributed by atoms with Crippen molar-refractivity contribution in [2.75, 3.05) is 6.54 Å². The highest BCUT2D eigenvalue weighted by Crippen LogP contribution is 2.36. The molecule has 4 nitrogen and oxygen atoms in total. The smallest absolute Gasteiger partial charge is 0.410 e. The topological polar surface area (TPSA) is 41.6 Å². The summed E-state index contributed by atoms with van der Waals surface area (Å²) in [6.07, 6.45) is -1.51. The average molecular weight is 336 g/mol. The maximum absolute atomic E-state index is 12.3. The third kappa shape index (κ3) is 5.55. The number of piperidine rings is 1. The zero-order chi connectivity index (χ0) is 17.3. The van der Waals surface area contributed by atoms with Crippen molar-refractivity contribution in [3.63, 3.8) is 0 Å². The Labute approximate surface area is 135 Å². The van der Waals surface area contributed by atoms with Gasteiger partial charge in [-0.2, -0.15) is 13.2 Å². The fourth-order valence-corrected chi connectivity index (χ4v) is 3.55. The number of fused-ring (bicyclic) bond motifs is 2. The van der Waals surface area contributed by atoms with Crippen molar-refractivity contribution < 1.29 is 22.7 Å². The minimum Gasteiger partial charge on any atom is -0.444 e. The van der Waals surface area contributed by atoms with Gasteiger partial charge in [0.15, 0.2) is 0 Å². The summed E-state index contributed by atoms with van der Waals surface area (Å²) in [7, 11) is 0. The van der Waals surface area contributed by atoms with Crippen molar-refractivity contribution in [2.45, 2.75) is 89.2 Å². The lowest BCUT2D eigenvalue weighted by atomic mass is 9.97. The standard InChI is InChI=1S/C16H27F3N2O2/c1-15(2,3)23-14(22)21-12-5-6-13(21)10-11(9-12)20-8-4-7-16(17,18)19/h11-13,20H,4-10H2,1-3H3. The minimum atomic E-state index is -4.08. The molecule has 0 saturated carbocycles. The Bertz CT molecular complexity index is 407. The Hall–Kier alpha value is -0.980. The average Bonchev–Trinajstić information content (AvgIpc) is 2.63. The van der Waals surface area contributed by atoms with Gasteiger partial charge in [0.05, 0.1) is 0 Å². The molecule has 2 fully saturated rings. The number of ether oxygens (including phenoxy) is 1. The molecule has 2 heterocycles. The summed E-state index contributed by atoms with van der Waals surface area (Å²) in [5.74, 6) is 0. The maximum Gasteiger partial charge on any atom is 0.410 e. The normalized spacial score (nSPS) is 28.1. The lowest BCUT2D eigenvalue weighted by molar-refractivity contribution is -0.135. The molecule has 0 aromatic heterocycles. The van der Waals surface area contributed by atoms with Crippen LogP contribution in [-0.2, 0) is 4.74 Å². The van der Waals surface area contributed by atoms with E-state index in [0.29, 0.717) is 6.54 Å². The molecule has 2 saturated heterocycles. The summed E-state index contributed by atoms with van der Waals surface area (Å²) < 4.78 is 41.9. The lowest BCUT2D eigenvalue weighted by Gasteiger charge is -2.39. The first kappa shape index (κ1) is 18.4. The zero-order valence-electron chi connectivity index (χ0n) is 14.1. The second-order valence-electron chi connectivity index (χ2n) is 7.61. The molecule has 0 spiro atoms. The number of amides is 1. The summed E-state index contributed by atoms with van der Waals surface area (Å²) >= 11 is 0. The van der Waals surface area contributed by atoms with Crippen LogP contribution in [0.3, 0.4) is 0 Å². The SMILES string of the molecule is CC(C)(C)OC(=O)N1C2CCC1CC(NCCCC(F)(F)F)C2. The Morgan fingerprint density at radius 1 is 1.17 bits per heavy atom. The number of hydrogen-bond acceptors (Lipinski definition) is 3. The Kier molecular flexibility index (Phi) is 5.48. The molecule has 2 rings (SSSR count). The van der Waals surface area contributed by atoms with E-state index in [1.165, 1.54) is 0 Å². The maximum atomic E-state index is 12.3. The molecule has 0 radical (unpaired) electrons. The van der Waals surface area contributed by atoms with Gasteiger partial charge in [-0.1, -0.05) is 0 Å². The fraction of sp³-hybridized carbons (Fsp3) is 0.938. The second-order valence-corrected chi connectivity index (χ2v) is 7.61. The van der Waals surface area contributed by atoms with Crippen LogP contribution < -0.4 is 5.32 Å². The van der Waals surface area contributed by atoms with E-state index in [1.807, 2.05) is 25.7 Å². The third-order valence-corrected chi connectivity index (χ3v) is 4.41. The largest absolute Gasteiger partial charge is 0.444 e. The molecule has 2 atom stereocenters. The molecule has 2 unspecified atom stereocenters. The molecule has 1 amide bonds. The Morgan fingerprint density at radius 2 is 1.74 bits per heavy atom. The molecular weight excluding hydrogens is 309 g/mol. The predicted molar refractivity (Wildman–Crippen MR) is 81.2 cm³/mol. The number of alkyl halides is 3. The zero-order valence-corrected chi connectivity index (χ0v) is 14.1. The van der Waals surface area contributed by atoms with E-state index in [1.54, 1.807) is 0 Å². The summed E-state index contributed by atoms with van der Waals surface area (Å²) in [4.78, 5) is 14.2. The minimum absolute atomic E-state index is 0.102. The highest BCUT2D eigenvalue weighted by atomic mass is 19.4. The highest BCUT2D eigenvalue weighted by Gasteiger charge is 2.44. The van der Waals surface area contributed by atoms with Crippen molar-refractivity contribution in [3.05, 3.63) is 0 Å². The molecule has 2 aliphatic rings.